The van der Waals surface area contributed by atoms with Gasteiger partial charge >= 0.3 is 0 Å². The summed E-state index contributed by atoms with van der Waals surface area (Å²) in [4.78, 5) is 0. The zero-order valence-corrected chi connectivity index (χ0v) is 13.1. The van der Waals surface area contributed by atoms with E-state index in [0.29, 0.717) is 5.92 Å². The summed E-state index contributed by atoms with van der Waals surface area (Å²) in [6.07, 6.45) is 3.63. The third-order valence-corrected chi connectivity index (χ3v) is 4.33. The fraction of sp³-hybridized carbons (Fsp3) is 0.556. The van der Waals surface area contributed by atoms with E-state index in [0.717, 1.165) is 35.8 Å². The van der Waals surface area contributed by atoms with Crippen molar-refractivity contribution in [1.82, 2.24) is 0 Å². The lowest BCUT2D eigenvalue weighted by molar-refractivity contribution is 0.100. The largest absolute Gasteiger partial charge is 0.497 e. The Balaban J connectivity index is 2.15. The number of rotatable bonds is 3. The standard InChI is InChI=1S/C18H24O3/c1-13-6-7-17(11-14(13)2)21-18-9-8-16(20-3)12-15(18)5-4-10-19/h8-9,12-14,17,19H,6-7,10-11H2,1-3H3. The fourth-order valence-corrected chi connectivity index (χ4v) is 2.76. The molecule has 0 aromatic heterocycles. The number of ether oxygens (including phenoxy) is 2. The van der Waals surface area contributed by atoms with Gasteiger partial charge < -0.3 is 14.6 Å². The summed E-state index contributed by atoms with van der Waals surface area (Å²) < 4.78 is 11.4. The summed E-state index contributed by atoms with van der Waals surface area (Å²) in [6.45, 7) is 4.45. The zero-order valence-electron chi connectivity index (χ0n) is 13.1. The Bertz CT molecular complexity index is 527. The molecule has 1 saturated carbocycles. The topological polar surface area (TPSA) is 38.7 Å². The summed E-state index contributed by atoms with van der Waals surface area (Å²) in [6, 6.07) is 5.64. The lowest BCUT2D eigenvalue weighted by Gasteiger charge is -2.32. The van der Waals surface area contributed by atoms with Crippen LogP contribution in [0.25, 0.3) is 0 Å². The molecule has 21 heavy (non-hydrogen) atoms. The van der Waals surface area contributed by atoms with E-state index in [2.05, 4.69) is 25.7 Å². The Hall–Kier alpha value is -1.66. The first-order valence-corrected chi connectivity index (χ1v) is 7.58. The van der Waals surface area contributed by atoms with Crippen molar-refractivity contribution in [2.24, 2.45) is 11.8 Å². The molecular weight excluding hydrogens is 264 g/mol. The molecule has 1 aromatic rings. The molecule has 0 amide bonds. The maximum atomic E-state index is 8.88. The van der Waals surface area contributed by atoms with Crippen molar-refractivity contribution in [3.63, 3.8) is 0 Å². The highest BCUT2D eigenvalue weighted by atomic mass is 16.5. The van der Waals surface area contributed by atoms with Crippen LogP contribution in [0, 0.1) is 23.7 Å². The Labute approximate surface area is 127 Å². The van der Waals surface area contributed by atoms with Gasteiger partial charge in [0.15, 0.2) is 0 Å². The second-order valence-electron chi connectivity index (χ2n) is 5.83. The molecule has 1 N–H and O–H groups in total. The van der Waals surface area contributed by atoms with Crippen LogP contribution in [0.4, 0.5) is 0 Å². The number of aliphatic hydroxyl groups excluding tert-OH is 1. The molecule has 2 rings (SSSR count). The SMILES string of the molecule is COc1ccc(OC2CCC(C)C(C)C2)c(C#CCO)c1. The Morgan fingerprint density at radius 2 is 2.05 bits per heavy atom. The summed E-state index contributed by atoms with van der Waals surface area (Å²) in [7, 11) is 1.63. The average molecular weight is 288 g/mol. The highest BCUT2D eigenvalue weighted by molar-refractivity contribution is 5.50. The van der Waals surface area contributed by atoms with E-state index in [1.165, 1.54) is 6.42 Å². The minimum Gasteiger partial charge on any atom is -0.497 e. The van der Waals surface area contributed by atoms with Gasteiger partial charge in [-0.15, -0.1) is 0 Å². The molecule has 1 aliphatic rings. The van der Waals surface area contributed by atoms with E-state index in [1.807, 2.05) is 18.2 Å². The maximum absolute atomic E-state index is 8.88. The Morgan fingerprint density at radius 3 is 2.71 bits per heavy atom. The highest BCUT2D eigenvalue weighted by Gasteiger charge is 2.26. The minimum atomic E-state index is -0.158. The number of hydrogen-bond donors (Lipinski definition) is 1. The average Bonchev–Trinajstić information content (AvgIpc) is 2.50. The first-order chi connectivity index (χ1) is 10.1. The molecule has 0 saturated heterocycles. The third-order valence-electron chi connectivity index (χ3n) is 4.33. The molecule has 1 aromatic carbocycles. The summed E-state index contributed by atoms with van der Waals surface area (Å²) in [5, 5.41) is 8.88. The van der Waals surface area contributed by atoms with Crippen LogP contribution in [-0.4, -0.2) is 24.9 Å². The van der Waals surface area contributed by atoms with Crippen molar-refractivity contribution in [2.75, 3.05) is 13.7 Å². The predicted octanol–water partition coefficient (Wildman–Crippen LogP) is 3.24. The van der Waals surface area contributed by atoms with Crippen LogP contribution >= 0.6 is 0 Å². The molecule has 0 heterocycles. The molecule has 0 radical (unpaired) electrons. The molecule has 3 unspecified atom stereocenters. The van der Waals surface area contributed by atoms with Crippen molar-refractivity contribution < 1.29 is 14.6 Å². The molecule has 3 heteroatoms. The molecule has 1 aliphatic carbocycles. The Morgan fingerprint density at radius 1 is 1.24 bits per heavy atom. The quantitative estimate of drug-likeness (QED) is 0.868. The van der Waals surface area contributed by atoms with Crippen LogP contribution in [0.3, 0.4) is 0 Å². The van der Waals surface area contributed by atoms with Crippen LogP contribution in [0.15, 0.2) is 18.2 Å². The number of methoxy groups -OCH3 is 1. The summed E-state index contributed by atoms with van der Waals surface area (Å²) >= 11 is 0. The van der Waals surface area contributed by atoms with E-state index in [1.54, 1.807) is 7.11 Å². The fourth-order valence-electron chi connectivity index (χ4n) is 2.76. The van der Waals surface area contributed by atoms with Crippen molar-refractivity contribution in [1.29, 1.82) is 0 Å². The van der Waals surface area contributed by atoms with Crippen LogP contribution in [-0.2, 0) is 0 Å². The van der Waals surface area contributed by atoms with E-state index in [4.69, 9.17) is 14.6 Å². The number of hydrogen-bond acceptors (Lipinski definition) is 3. The van der Waals surface area contributed by atoms with E-state index >= 15 is 0 Å². The normalized spacial score (nSPS) is 24.9. The monoisotopic (exact) mass is 288 g/mol. The first kappa shape index (κ1) is 15.7. The molecule has 0 bridgehead atoms. The van der Waals surface area contributed by atoms with Crippen molar-refractivity contribution >= 4 is 0 Å². The van der Waals surface area contributed by atoms with Crippen molar-refractivity contribution in [3.8, 4) is 23.3 Å². The highest BCUT2D eigenvalue weighted by Crippen LogP contribution is 2.33. The van der Waals surface area contributed by atoms with Gasteiger partial charge in [0.1, 0.15) is 18.1 Å². The maximum Gasteiger partial charge on any atom is 0.135 e. The molecule has 114 valence electrons. The van der Waals surface area contributed by atoms with Crippen LogP contribution < -0.4 is 9.47 Å². The van der Waals surface area contributed by atoms with E-state index < -0.39 is 0 Å². The first-order valence-electron chi connectivity index (χ1n) is 7.58. The van der Waals surface area contributed by atoms with Gasteiger partial charge in [-0.05, 0) is 49.3 Å². The van der Waals surface area contributed by atoms with Gasteiger partial charge in [-0.1, -0.05) is 25.7 Å². The van der Waals surface area contributed by atoms with Gasteiger partial charge in [0.05, 0.1) is 18.8 Å². The molecular formula is C18H24O3. The minimum absolute atomic E-state index is 0.158. The van der Waals surface area contributed by atoms with Crippen molar-refractivity contribution in [2.45, 2.75) is 39.2 Å². The van der Waals surface area contributed by atoms with Gasteiger partial charge in [0, 0.05) is 0 Å². The lowest BCUT2D eigenvalue weighted by Crippen LogP contribution is -2.28. The molecule has 1 fully saturated rings. The molecule has 3 atom stereocenters. The van der Waals surface area contributed by atoms with E-state index in [-0.39, 0.29) is 12.7 Å². The zero-order chi connectivity index (χ0) is 15.2. The van der Waals surface area contributed by atoms with Gasteiger partial charge in [0.2, 0.25) is 0 Å². The number of aliphatic hydroxyl groups is 1. The molecule has 3 nitrogen and oxygen atoms in total. The van der Waals surface area contributed by atoms with Gasteiger partial charge in [0.25, 0.3) is 0 Å². The number of benzene rings is 1. The van der Waals surface area contributed by atoms with Crippen LogP contribution in [0.1, 0.15) is 38.7 Å². The summed E-state index contributed by atoms with van der Waals surface area (Å²) in [5.41, 5.74) is 0.773. The van der Waals surface area contributed by atoms with Gasteiger partial charge in [-0.3, -0.25) is 0 Å². The van der Waals surface area contributed by atoms with Crippen molar-refractivity contribution in [3.05, 3.63) is 23.8 Å². The smallest absolute Gasteiger partial charge is 0.135 e. The predicted molar refractivity (Wildman–Crippen MR) is 83.6 cm³/mol. The Kier molecular flexibility index (Phi) is 5.52. The molecule has 0 aliphatic heterocycles. The summed E-state index contributed by atoms with van der Waals surface area (Å²) in [5.74, 6) is 8.61. The third kappa shape index (κ3) is 4.15. The van der Waals surface area contributed by atoms with Crippen LogP contribution in [0.2, 0.25) is 0 Å². The second kappa shape index (κ2) is 7.38. The van der Waals surface area contributed by atoms with E-state index in [9.17, 15) is 0 Å². The second-order valence-corrected chi connectivity index (χ2v) is 5.83. The van der Waals surface area contributed by atoms with Gasteiger partial charge in [-0.2, -0.15) is 0 Å². The molecule has 0 spiro atoms. The van der Waals surface area contributed by atoms with Gasteiger partial charge in [-0.25, -0.2) is 0 Å². The van der Waals surface area contributed by atoms with Crippen LogP contribution in [0.5, 0.6) is 11.5 Å². The lowest BCUT2D eigenvalue weighted by atomic mass is 9.80.